The topological polar surface area (TPSA) is 49.5 Å². The molecule has 0 aliphatic carbocycles. The van der Waals surface area contributed by atoms with Crippen molar-refractivity contribution in [1.29, 1.82) is 0 Å². The van der Waals surface area contributed by atoms with Crippen LogP contribution in [0.4, 0.5) is 0 Å². The highest BCUT2D eigenvalue weighted by molar-refractivity contribution is 6.67. The normalized spacial score (nSPS) is 19.2. The molecule has 1 fully saturated rings. The molecule has 1 atom stereocenters. The molecule has 0 bridgehead atoms. The molecule has 1 saturated heterocycles. The van der Waals surface area contributed by atoms with Crippen LogP contribution in [0.5, 0.6) is 0 Å². The molecule has 1 heterocycles. The first-order chi connectivity index (χ1) is 8.76. The molecule has 0 saturated carbocycles. The second kappa shape index (κ2) is 9.01. The standard InChI is InChI=1S/C12H26O5Si/c1-4-16-18(11-13-3,17-5-2)8-6-7-14-9-12-10-15-12/h12H,4-11H2,1-3H3. The second-order valence-corrected chi connectivity index (χ2v) is 7.53. The summed E-state index contributed by atoms with van der Waals surface area (Å²) in [6.07, 6.45) is 1.87. The summed E-state index contributed by atoms with van der Waals surface area (Å²) in [5.74, 6) is 0. The first kappa shape index (κ1) is 16.1. The van der Waals surface area contributed by atoms with Gasteiger partial charge in [0, 0.05) is 26.9 Å². The van der Waals surface area contributed by atoms with Gasteiger partial charge in [-0.25, -0.2) is 0 Å². The van der Waals surface area contributed by atoms with E-state index in [1.807, 2.05) is 13.8 Å². The van der Waals surface area contributed by atoms with Gasteiger partial charge in [-0.3, -0.25) is 0 Å². The van der Waals surface area contributed by atoms with Crippen molar-refractivity contribution in [3.05, 3.63) is 0 Å². The lowest BCUT2D eigenvalue weighted by Gasteiger charge is -2.29. The fourth-order valence-corrected chi connectivity index (χ4v) is 4.77. The zero-order valence-corrected chi connectivity index (χ0v) is 12.8. The molecule has 5 nitrogen and oxygen atoms in total. The fourth-order valence-electron chi connectivity index (χ4n) is 1.91. The van der Waals surface area contributed by atoms with E-state index in [4.69, 9.17) is 23.1 Å². The monoisotopic (exact) mass is 278 g/mol. The zero-order chi connectivity index (χ0) is 13.3. The Morgan fingerprint density at radius 1 is 1.22 bits per heavy atom. The van der Waals surface area contributed by atoms with Crippen LogP contribution < -0.4 is 0 Å². The SMILES string of the molecule is CCO[Si](CCCOCC1CO1)(COC)OCC. The lowest BCUT2D eigenvalue weighted by atomic mass is 10.5. The Hall–Kier alpha value is 0.0169. The van der Waals surface area contributed by atoms with Crippen LogP contribution in [0.15, 0.2) is 0 Å². The van der Waals surface area contributed by atoms with Gasteiger partial charge in [0.1, 0.15) is 6.10 Å². The molecule has 1 aliphatic rings. The number of hydrogen-bond donors (Lipinski definition) is 0. The van der Waals surface area contributed by atoms with Crippen molar-refractivity contribution >= 4 is 8.56 Å². The van der Waals surface area contributed by atoms with Crippen LogP contribution in [-0.4, -0.2) is 61.0 Å². The molecule has 0 spiro atoms. The van der Waals surface area contributed by atoms with Crippen molar-refractivity contribution in [2.75, 3.05) is 46.4 Å². The Balaban J connectivity index is 2.22. The largest absolute Gasteiger partial charge is 0.393 e. The third-order valence-corrected chi connectivity index (χ3v) is 6.20. The number of methoxy groups -OCH3 is 1. The van der Waals surface area contributed by atoms with Crippen molar-refractivity contribution in [2.45, 2.75) is 32.4 Å². The van der Waals surface area contributed by atoms with Crippen molar-refractivity contribution in [3.63, 3.8) is 0 Å². The number of hydrogen-bond acceptors (Lipinski definition) is 5. The molecule has 1 rings (SSSR count). The maximum absolute atomic E-state index is 5.86. The minimum Gasteiger partial charge on any atom is -0.393 e. The van der Waals surface area contributed by atoms with Crippen LogP contribution in [0.3, 0.4) is 0 Å². The van der Waals surface area contributed by atoms with Crippen molar-refractivity contribution in [3.8, 4) is 0 Å². The van der Waals surface area contributed by atoms with E-state index in [1.54, 1.807) is 7.11 Å². The van der Waals surface area contributed by atoms with Crippen LogP contribution >= 0.6 is 0 Å². The Morgan fingerprint density at radius 2 is 1.89 bits per heavy atom. The highest BCUT2D eigenvalue weighted by atomic mass is 28.4. The molecule has 0 aromatic rings. The number of ether oxygens (including phenoxy) is 3. The first-order valence-electron chi connectivity index (χ1n) is 6.72. The average Bonchev–Trinajstić information content (AvgIpc) is 3.14. The van der Waals surface area contributed by atoms with Gasteiger partial charge in [-0.05, 0) is 26.3 Å². The molecule has 18 heavy (non-hydrogen) atoms. The summed E-state index contributed by atoms with van der Waals surface area (Å²) in [6.45, 7) is 7.63. The van der Waals surface area contributed by atoms with Crippen molar-refractivity contribution in [2.24, 2.45) is 0 Å². The second-order valence-electron chi connectivity index (χ2n) is 4.34. The summed E-state index contributed by atoms with van der Waals surface area (Å²) in [5, 5.41) is 0. The minimum atomic E-state index is -2.19. The fraction of sp³-hybridized carbons (Fsp3) is 1.00. The lowest BCUT2D eigenvalue weighted by Crippen LogP contribution is -2.47. The van der Waals surface area contributed by atoms with Crippen LogP contribution in [-0.2, 0) is 23.1 Å². The summed E-state index contributed by atoms with van der Waals surface area (Å²) >= 11 is 0. The molecule has 0 aromatic heterocycles. The van der Waals surface area contributed by atoms with E-state index >= 15 is 0 Å². The van der Waals surface area contributed by atoms with Gasteiger partial charge in [0.05, 0.1) is 19.4 Å². The van der Waals surface area contributed by atoms with E-state index in [9.17, 15) is 0 Å². The number of epoxide rings is 1. The molecule has 108 valence electrons. The highest BCUT2D eigenvalue weighted by Crippen LogP contribution is 2.17. The Bertz CT molecular complexity index is 194. The quantitative estimate of drug-likeness (QED) is 0.307. The van der Waals surface area contributed by atoms with Gasteiger partial charge in [-0.1, -0.05) is 0 Å². The van der Waals surface area contributed by atoms with Gasteiger partial charge >= 0.3 is 8.56 Å². The van der Waals surface area contributed by atoms with E-state index in [0.29, 0.717) is 32.2 Å². The van der Waals surface area contributed by atoms with Crippen LogP contribution in [0.1, 0.15) is 20.3 Å². The smallest absolute Gasteiger partial charge is 0.364 e. The van der Waals surface area contributed by atoms with Gasteiger partial charge in [0.15, 0.2) is 0 Å². The molecular formula is C12H26O5Si. The maximum atomic E-state index is 5.86. The Labute approximate surface area is 111 Å². The predicted molar refractivity (Wildman–Crippen MR) is 70.9 cm³/mol. The molecule has 0 aromatic carbocycles. The third-order valence-electron chi connectivity index (χ3n) is 2.73. The molecule has 6 heteroatoms. The average molecular weight is 278 g/mol. The van der Waals surface area contributed by atoms with Gasteiger partial charge in [0.25, 0.3) is 0 Å². The van der Waals surface area contributed by atoms with Gasteiger partial charge in [-0.2, -0.15) is 0 Å². The summed E-state index contributed by atoms with van der Waals surface area (Å²) in [7, 11) is -0.495. The Morgan fingerprint density at radius 3 is 2.39 bits per heavy atom. The van der Waals surface area contributed by atoms with E-state index in [-0.39, 0.29) is 0 Å². The van der Waals surface area contributed by atoms with Crippen LogP contribution in [0.2, 0.25) is 6.04 Å². The number of rotatable bonds is 12. The molecule has 1 aliphatic heterocycles. The lowest BCUT2D eigenvalue weighted by molar-refractivity contribution is 0.106. The predicted octanol–water partition coefficient (Wildman–Crippen LogP) is 1.49. The summed E-state index contributed by atoms with van der Waals surface area (Å²) in [4.78, 5) is 0. The van der Waals surface area contributed by atoms with Crippen LogP contribution in [0.25, 0.3) is 0 Å². The van der Waals surface area contributed by atoms with Gasteiger partial charge in [-0.15, -0.1) is 0 Å². The summed E-state index contributed by atoms with van der Waals surface area (Å²) in [5.41, 5.74) is 0. The van der Waals surface area contributed by atoms with E-state index in [2.05, 4.69) is 0 Å². The first-order valence-corrected chi connectivity index (χ1v) is 8.95. The highest BCUT2D eigenvalue weighted by Gasteiger charge is 2.37. The van der Waals surface area contributed by atoms with E-state index in [1.165, 1.54) is 0 Å². The van der Waals surface area contributed by atoms with Gasteiger partial charge in [0.2, 0.25) is 0 Å². The molecule has 0 N–H and O–H groups in total. The molecule has 1 unspecified atom stereocenters. The molecular weight excluding hydrogens is 252 g/mol. The zero-order valence-electron chi connectivity index (χ0n) is 11.8. The Kier molecular flexibility index (Phi) is 8.04. The van der Waals surface area contributed by atoms with E-state index in [0.717, 1.165) is 25.7 Å². The molecule has 0 radical (unpaired) electrons. The minimum absolute atomic E-state index is 0.338. The van der Waals surface area contributed by atoms with Crippen molar-refractivity contribution in [1.82, 2.24) is 0 Å². The van der Waals surface area contributed by atoms with Crippen molar-refractivity contribution < 1.29 is 23.1 Å². The molecule has 0 amide bonds. The van der Waals surface area contributed by atoms with Gasteiger partial charge < -0.3 is 23.1 Å². The summed E-state index contributed by atoms with van der Waals surface area (Å²) < 4.78 is 27.6. The maximum Gasteiger partial charge on any atom is 0.364 e. The summed E-state index contributed by atoms with van der Waals surface area (Å²) in [6, 6.07) is 0.911. The van der Waals surface area contributed by atoms with Crippen LogP contribution in [0, 0.1) is 0 Å². The van der Waals surface area contributed by atoms with E-state index < -0.39 is 8.56 Å². The third kappa shape index (κ3) is 6.26.